The Kier molecular flexibility index (Phi) is 4.71. The number of hydrogen-bond donors (Lipinski definition) is 2. The Morgan fingerprint density at radius 1 is 1.17 bits per heavy atom. The number of hydrogen-bond acceptors (Lipinski definition) is 2. The minimum absolute atomic E-state index is 0.246. The maximum atomic E-state index is 6.12. The molecule has 0 aromatic carbocycles. The Balaban J connectivity index is 1.87. The van der Waals surface area contributed by atoms with E-state index in [0.717, 1.165) is 30.2 Å². The fraction of sp³-hybridized carbons (Fsp3) is 1.00. The van der Waals surface area contributed by atoms with Gasteiger partial charge in [0.25, 0.3) is 0 Å². The van der Waals surface area contributed by atoms with Crippen molar-refractivity contribution in [2.24, 2.45) is 29.4 Å². The van der Waals surface area contributed by atoms with Gasteiger partial charge in [-0.2, -0.15) is 0 Å². The summed E-state index contributed by atoms with van der Waals surface area (Å²) in [6.45, 7) is 9.12. The Morgan fingerprint density at radius 3 is 2.44 bits per heavy atom. The number of rotatable bonds is 6. The molecule has 2 aliphatic rings. The van der Waals surface area contributed by atoms with Crippen LogP contribution in [0.4, 0.5) is 0 Å². The summed E-state index contributed by atoms with van der Waals surface area (Å²) in [6.07, 6.45) is 8.23. The molecule has 0 bridgehead atoms. The second kappa shape index (κ2) is 5.92. The number of nitrogens with one attached hydrogen (secondary N) is 1. The van der Waals surface area contributed by atoms with Gasteiger partial charge in [0.2, 0.25) is 0 Å². The molecule has 2 nitrogen and oxygen atoms in total. The van der Waals surface area contributed by atoms with Crippen molar-refractivity contribution in [3.05, 3.63) is 0 Å². The molecule has 3 N–H and O–H groups in total. The van der Waals surface area contributed by atoms with Crippen LogP contribution in [0.3, 0.4) is 0 Å². The van der Waals surface area contributed by atoms with Crippen molar-refractivity contribution in [3.63, 3.8) is 0 Å². The van der Waals surface area contributed by atoms with Crippen LogP contribution in [0.1, 0.15) is 59.3 Å². The maximum absolute atomic E-state index is 6.12. The third-order valence-electron chi connectivity index (χ3n) is 5.44. The molecule has 2 heteroatoms. The van der Waals surface area contributed by atoms with Crippen molar-refractivity contribution in [2.75, 3.05) is 13.1 Å². The average Bonchev–Trinajstić information content (AvgIpc) is 3.20. The normalized spacial score (nSPS) is 34.8. The Morgan fingerprint density at radius 2 is 1.89 bits per heavy atom. The second-order valence-electron chi connectivity index (χ2n) is 7.28. The lowest BCUT2D eigenvalue weighted by molar-refractivity contribution is 0.147. The van der Waals surface area contributed by atoms with E-state index in [1.54, 1.807) is 0 Å². The first-order valence-corrected chi connectivity index (χ1v) is 8.01. The van der Waals surface area contributed by atoms with Crippen LogP contribution in [-0.2, 0) is 0 Å². The van der Waals surface area contributed by atoms with E-state index >= 15 is 0 Å². The third kappa shape index (κ3) is 3.48. The smallest absolute Gasteiger partial charge is 0.0306 e. The molecule has 0 amide bonds. The highest BCUT2D eigenvalue weighted by Gasteiger charge is 2.37. The largest absolute Gasteiger partial charge is 0.329 e. The lowest BCUT2D eigenvalue weighted by atomic mass is 9.71. The summed E-state index contributed by atoms with van der Waals surface area (Å²) in [5.74, 6) is 3.51. The van der Waals surface area contributed by atoms with E-state index < -0.39 is 0 Å². The lowest BCUT2D eigenvalue weighted by Gasteiger charge is -2.43. The molecule has 0 aromatic heterocycles. The summed E-state index contributed by atoms with van der Waals surface area (Å²) in [5, 5.41) is 3.87. The predicted molar refractivity (Wildman–Crippen MR) is 78.5 cm³/mol. The molecule has 106 valence electrons. The van der Waals surface area contributed by atoms with Gasteiger partial charge < -0.3 is 11.1 Å². The van der Waals surface area contributed by atoms with Gasteiger partial charge in [0, 0.05) is 12.1 Å². The van der Waals surface area contributed by atoms with E-state index in [9.17, 15) is 0 Å². The molecule has 0 aliphatic heterocycles. The van der Waals surface area contributed by atoms with E-state index in [1.165, 1.54) is 45.1 Å². The van der Waals surface area contributed by atoms with E-state index in [4.69, 9.17) is 5.73 Å². The quantitative estimate of drug-likeness (QED) is 0.762. The van der Waals surface area contributed by atoms with E-state index in [0.29, 0.717) is 0 Å². The third-order valence-corrected chi connectivity index (χ3v) is 5.44. The zero-order valence-corrected chi connectivity index (χ0v) is 12.5. The molecular formula is C16H32N2. The molecule has 2 rings (SSSR count). The fourth-order valence-electron chi connectivity index (χ4n) is 3.61. The van der Waals surface area contributed by atoms with Crippen molar-refractivity contribution < 1.29 is 0 Å². The van der Waals surface area contributed by atoms with Crippen molar-refractivity contribution in [1.29, 1.82) is 0 Å². The van der Waals surface area contributed by atoms with Gasteiger partial charge in [0.05, 0.1) is 0 Å². The minimum atomic E-state index is 0.246. The molecule has 2 saturated carbocycles. The van der Waals surface area contributed by atoms with E-state index in [-0.39, 0.29) is 5.54 Å². The number of nitrogens with two attached hydrogens (primary N) is 1. The van der Waals surface area contributed by atoms with Crippen molar-refractivity contribution in [1.82, 2.24) is 5.32 Å². The van der Waals surface area contributed by atoms with Crippen LogP contribution >= 0.6 is 0 Å². The average molecular weight is 252 g/mol. The van der Waals surface area contributed by atoms with Crippen LogP contribution in [0.5, 0.6) is 0 Å². The summed E-state index contributed by atoms with van der Waals surface area (Å²) < 4.78 is 0. The molecular weight excluding hydrogens is 220 g/mol. The monoisotopic (exact) mass is 252 g/mol. The Bertz CT molecular complexity index is 260. The minimum Gasteiger partial charge on any atom is -0.329 e. The molecule has 3 atom stereocenters. The van der Waals surface area contributed by atoms with Gasteiger partial charge in [-0.1, -0.05) is 33.6 Å². The van der Waals surface area contributed by atoms with Crippen LogP contribution in [0.2, 0.25) is 0 Å². The highest BCUT2D eigenvalue weighted by Crippen LogP contribution is 2.38. The van der Waals surface area contributed by atoms with E-state index in [2.05, 4.69) is 26.1 Å². The van der Waals surface area contributed by atoms with Crippen molar-refractivity contribution in [3.8, 4) is 0 Å². The first kappa shape index (κ1) is 14.3. The summed E-state index contributed by atoms with van der Waals surface area (Å²) >= 11 is 0. The van der Waals surface area contributed by atoms with Crippen LogP contribution in [0.25, 0.3) is 0 Å². The van der Waals surface area contributed by atoms with Crippen LogP contribution in [-0.4, -0.2) is 18.6 Å². The topological polar surface area (TPSA) is 38.0 Å². The molecule has 2 aliphatic carbocycles. The molecule has 0 spiro atoms. The predicted octanol–water partition coefficient (Wildman–Crippen LogP) is 3.17. The standard InChI is InChI=1S/C16H32N2/c1-12(2)15-5-4-8-16(9-15,11-17)18-10-13(3)14-6-7-14/h12-15,18H,4-11,17H2,1-3H3. The SMILES string of the molecule is CC(C)C1CCCC(CN)(NCC(C)C2CC2)C1. The molecule has 0 aromatic rings. The van der Waals surface area contributed by atoms with Crippen LogP contribution < -0.4 is 11.1 Å². The summed E-state index contributed by atoms with van der Waals surface area (Å²) in [4.78, 5) is 0. The van der Waals surface area contributed by atoms with Gasteiger partial charge >= 0.3 is 0 Å². The van der Waals surface area contributed by atoms with Gasteiger partial charge in [-0.15, -0.1) is 0 Å². The summed E-state index contributed by atoms with van der Waals surface area (Å²) in [6, 6.07) is 0. The molecule has 3 unspecified atom stereocenters. The maximum Gasteiger partial charge on any atom is 0.0306 e. The first-order chi connectivity index (χ1) is 8.56. The Labute approximate surface area is 113 Å². The fourth-order valence-corrected chi connectivity index (χ4v) is 3.61. The highest BCUT2D eigenvalue weighted by atomic mass is 15.0. The van der Waals surface area contributed by atoms with Gasteiger partial charge in [-0.3, -0.25) is 0 Å². The van der Waals surface area contributed by atoms with Gasteiger partial charge in [-0.05, 0) is 55.9 Å². The van der Waals surface area contributed by atoms with Crippen molar-refractivity contribution >= 4 is 0 Å². The molecule has 0 saturated heterocycles. The Hall–Kier alpha value is -0.0800. The highest BCUT2D eigenvalue weighted by molar-refractivity contribution is 4.96. The zero-order valence-electron chi connectivity index (χ0n) is 12.5. The van der Waals surface area contributed by atoms with Gasteiger partial charge in [0.15, 0.2) is 0 Å². The van der Waals surface area contributed by atoms with Crippen LogP contribution in [0.15, 0.2) is 0 Å². The molecule has 0 heterocycles. The van der Waals surface area contributed by atoms with Gasteiger partial charge in [0.1, 0.15) is 0 Å². The van der Waals surface area contributed by atoms with E-state index in [1.807, 2.05) is 0 Å². The van der Waals surface area contributed by atoms with Gasteiger partial charge in [-0.25, -0.2) is 0 Å². The lowest BCUT2D eigenvalue weighted by Crippen LogP contribution is -2.55. The van der Waals surface area contributed by atoms with Crippen LogP contribution in [0, 0.1) is 23.7 Å². The summed E-state index contributed by atoms with van der Waals surface area (Å²) in [7, 11) is 0. The zero-order chi connectivity index (χ0) is 13.2. The van der Waals surface area contributed by atoms with Crippen molar-refractivity contribution in [2.45, 2.75) is 64.8 Å². The molecule has 0 radical (unpaired) electrons. The first-order valence-electron chi connectivity index (χ1n) is 8.01. The second-order valence-corrected chi connectivity index (χ2v) is 7.28. The molecule has 2 fully saturated rings. The summed E-state index contributed by atoms with van der Waals surface area (Å²) in [5.41, 5.74) is 6.36. The molecule has 18 heavy (non-hydrogen) atoms.